The topological polar surface area (TPSA) is 29.1 Å². The van der Waals surface area contributed by atoms with E-state index in [0.29, 0.717) is 5.69 Å². The van der Waals surface area contributed by atoms with Gasteiger partial charge in [0.1, 0.15) is 0 Å². The molecule has 0 aliphatic rings. The van der Waals surface area contributed by atoms with E-state index in [4.69, 9.17) is 0 Å². The van der Waals surface area contributed by atoms with Crippen LogP contribution in [0, 0.1) is 0 Å². The molecule has 1 amide bonds. The van der Waals surface area contributed by atoms with Gasteiger partial charge in [0, 0.05) is 16.6 Å². The Morgan fingerprint density at radius 1 is 1.25 bits per heavy atom. The molecule has 0 aromatic heterocycles. The highest BCUT2D eigenvalue weighted by Gasteiger charge is 2.23. The van der Waals surface area contributed by atoms with Gasteiger partial charge in [0.25, 0.3) is 0 Å². The van der Waals surface area contributed by atoms with Crippen molar-refractivity contribution < 1.29 is 17.7 Å². The van der Waals surface area contributed by atoms with Crippen LogP contribution in [0.5, 0.6) is 0 Å². The molecule has 0 radical (unpaired) electrons. The van der Waals surface area contributed by atoms with Crippen molar-refractivity contribution in [2.24, 2.45) is 0 Å². The van der Waals surface area contributed by atoms with Crippen LogP contribution >= 0.6 is 15.9 Å². The Bertz CT molecular complexity index is 366. The van der Waals surface area contributed by atoms with Gasteiger partial charge in [0.15, 0.2) is 0 Å². The number of benzene rings is 1. The van der Waals surface area contributed by atoms with Crippen LogP contribution in [0.15, 0.2) is 28.7 Å². The molecule has 0 heterocycles. The van der Waals surface area contributed by atoms with Gasteiger partial charge in [-0.1, -0.05) is 22.3 Å². The quantitative estimate of drug-likeness (QED) is 0.844. The summed E-state index contributed by atoms with van der Waals surface area (Å²) in [5, 5.41) is 2.39. The average molecular weight is 295 g/mol. The molecule has 1 N–H and O–H groups in total. The summed E-state index contributed by atoms with van der Waals surface area (Å²) in [6, 6.07) is 6.62. The first-order valence-corrected chi connectivity index (χ1v) is 5.42. The van der Waals surface area contributed by atoms with E-state index >= 15 is 0 Å². The molecule has 2 nitrogen and oxygen atoms in total. The molecular formula is C9H9BBrF3NO-. The maximum Gasteiger partial charge on any atom is 0.478 e. The number of halogens is 4. The normalized spacial score (nSPS) is 11.2. The fourth-order valence-corrected chi connectivity index (χ4v) is 1.32. The smallest absolute Gasteiger partial charge is 0.449 e. The lowest BCUT2D eigenvalue weighted by Gasteiger charge is -2.12. The fourth-order valence-electron chi connectivity index (χ4n) is 1.05. The minimum Gasteiger partial charge on any atom is -0.449 e. The van der Waals surface area contributed by atoms with Gasteiger partial charge in [-0.05, 0) is 24.3 Å². The Balaban J connectivity index is 2.43. The lowest BCUT2D eigenvalue weighted by molar-refractivity contribution is -0.116. The molecule has 1 aromatic rings. The van der Waals surface area contributed by atoms with Gasteiger partial charge in [-0.15, -0.1) is 0 Å². The Kier molecular flexibility index (Phi) is 4.40. The van der Waals surface area contributed by atoms with E-state index < -0.39 is 25.6 Å². The van der Waals surface area contributed by atoms with Gasteiger partial charge in [0.05, 0.1) is 0 Å². The summed E-state index contributed by atoms with van der Waals surface area (Å²) in [6.07, 6.45) is -1.57. The summed E-state index contributed by atoms with van der Waals surface area (Å²) in [7, 11) is 0. The van der Waals surface area contributed by atoms with Crippen molar-refractivity contribution >= 4 is 34.5 Å². The van der Waals surface area contributed by atoms with Crippen LogP contribution in [0.1, 0.15) is 6.42 Å². The Hall–Kier alpha value is -0.975. The first-order valence-electron chi connectivity index (χ1n) is 4.63. The van der Waals surface area contributed by atoms with E-state index in [1.165, 1.54) is 0 Å². The van der Waals surface area contributed by atoms with E-state index in [9.17, 15) is 17.7 Å². The maximum atomic E-state index is 11.9. The fraction of sp³-hybridized carbons (Fsp3) is 0.222. The van der Waals surface area contributed by atoms with Crippen molar-refractivity contribution in [3.8, 4) is 0 Å². The van der Waals surface area contributed by atoms with Crippen LogP contribution in [-0.2, 0) is 4.79 Å². The first kappa shape index (κ1) is 13.1. The number of carbonyl (C=O) groups is 1. The molecule has 1 aromatic carbocycles. The molecular weight excluding hydrogens is 286 g/mol. The van der Waals surface area contributed by atoms with Gasteiger partial charge in [-0.3, -0.25) is 4.79 Å². The molecule has 88 valence electrons. The van der Waals surface area contributed by atoms with Crippen molar-refractivity contribution in [2.45, 2.75) is 12.7 Å². The van der Waals surface area contributed by atoms with Crippen LogP contribution in [0.25, 0.3) is 0 Å². The molecule has 0 fully saturated rings. The van der Waals surface area contributed by atoms with Crippen molar-refractivity contribution in [2.75, 3.05) is 5.32 Å². The number of carbonyl (C=O) groups excluding carboxylic acids is 1. The lowest BCUT2D eigenvalue weighted by atomic mass is 9.84. The molecule has 0 unspecified atom stereocenters. The van der Waals surface area contributed by atoms with Crippen LogP contribution in [0.4, 0.5) is 18.6 Å². The molecule has 7 heteroatoms. The van der Waals surface area contributed by atoms with E-state index in [-0.39, 0.29) is 0 Å². The van der Waals surface area contributed by atoms with Crippen molar-refractivity contribution in [3.63, 3.8) is 0 Å². The third kappa shape index (κ3) is 5.20. The minimum absolute atomic E-state index is 0.489. The summed E-state index contributed by atoms with van der Waals surface area (Å²) in [4.78, 5) is 11.1. The summed E-state index contributed by atoms with van der Waals surface area (Å²) in [5.74, 6) is -0.624. The van der Waals surface area contributed by atoms with Crippen LogP contribution < -0.4 is 5.32 Å². The molecule has 0 spiro atoms. The van der Waals surface area contributed by atoms with Crippen LogP contribution in [0.3, 0.4) is 0 Å². The summed E-state index contributed by atoms with van der Waals surface area (Å²) < 4.78 is 36.5. The van der Waals surface area contributed by atoms with E-state index in [0.717, 1.165) is 4.47 Å². The maximum absolute atomic E-state index is 11.9. The molecule has 0 atom stereocenters. The SMILES string of the molecule is O=C(CC[B-](F)(F)F)Nc1ccc(Br)cc1. The van der Waals surface area contributed by atoms with Gasteiger partial charge in [0.2, 0.25) is 5.91 Å². The monoisotopic (exact) mass is 294 g/mol. The second-order valence-corrected chi connectivity index (χ2v) is 4.22. The zero-order valence-electron chi connectivity index (χ0n) is 8.22. The van der Waals surface area contributed by atoms with Crippen molar-refractivity contribution in [1.82, 2.24) is 0 Å². The predicted octanol–water partition coefficient (Wildman–Crippen LogP) is 3.63. The number of anilines is 1. The van der Waals surface area contributed by atoms with Gasteiger partial charge in [-0.25, -0.2) is 0 Å². The molecule has 0 saturated heterocycles. The van der Waals surface area contributed by atoms with Gasteiger partial charge < -0.3 is 18.3 Å². The summed E-state index contributed by atoms with van der Waals surface area (Å²) in [5.41, 5.74) is 0.489. The summed E-state index contributed by atoms with van der Waals surface area (Å²) in [6.45, 7) is -4.89. The zero-order chi connectivity index (χ0) is 12.2. The van der Waals surface area contributed by atoms with Gasteiger partial charge >= 0.3 is 6.98 Å². The van der Waals surface area contributed by atoms with E-state index in [1.54, 1.807) is 24.3 Å². The highest BCUT2D eigenvalue weighted by atomic mass is 79.9. The van der Waals surface area contributed by atoms with Crippen molar-refractivity contribution in [3.05, 3.63) is 28.7 Å². The number of amides is 1. The van der Waals surface area contributed by atoms with Crippen LogP contribution in [0.2, 0.25) is 6.32 Å². The third-order valence-electron chi connectivity index (χ3n) is 1.83. The van der Waals surface area contributed by atoms with Crippen molar-refractivity contribution in [1.29, 1.82) is 0 Å². The number of nitrogens with one attached hydrogen (secondary N) is 1. The lowest BCUT2D eigenvalue weighted by Crippen LogP contribution is -2.19. The zero-order valence-corrected chi connectivity index (χ0v) is 9.81. The second kappa shape index (κ2) is 5.38. The molecule has 1 rings (SSSR count). The number of hydrogen-bond donors (Lipinski definition) is 1. The molecule has 0 aliphatic carbocycles. The Labute approximate surface area is 99.4 Å². The summed E-state index contributed by atoms with van der Waals surface area (Å²) >= 11 is 3.21. The Morgan fingerprint density at radius 2 is 1.81 bits per heavy atom. The third-order valence-corrected chi connectivity index (χ3v) is 2.36. The average Bonchev–Trinajstić information content (AvgIpc) is 2.18. The van der Waals surface area contributed by atoms with E-state index in [2.05, 4.69) is 21.2 Å². The molecule has 0 saturated carbocycles. The highest BCUT2D eigenvalue weighted by Crippen LogP contribution is 2.18. The number of hydrogen-bond acceptors (Lipinski definition) is 1. The van der Waals surface area contributed by atoms with Crippen LogP contribution in [-0.4, -0.2) is 12.9 Å². The highest BCUT2D eigenvalue weighted by molar-refractivity contribution is 9.10. The first-order chi connectivity index (χ1) is 7.37. The molecule has 16 heavy (non-hydrogen) atoms. The molecule has 0 aliphatic heterocycles. The standard InChI is InChI=1S/C9H9BBrF3NO/c11-7-1-3-8(4-2-7)15-9(16)5-6-10(12,13)14/h1-4H,5-6H2,(H,15,16)/q-1. The number of rotatable bonds is 4. The Morgan fingerprint density at radius 3 is 2.31 bits per heavy atom. The molecule has 0 bridgehead atoms. The minimum atomic E-state index is -4.89. The van der Waals surface area contributed by atoms with E-state index in [1.807, 2.05) is 0 Å². The second-order valence-electron chi connectivity index (χ2n) is 3.30. The van der Waals surface area contributed by atoms with Gasteiger partial charge in [-0.2, -0.15) is 0 Å². The predicted molar refractivity (Wildman–Crippen MR) is 61.3 cm³/mol. The largest absolute Gasteiger partial charge is 0.478 e.